The average Bonchev–Trinajstić information content (AvgIpc) is 2.96. The molecule has 2 aliphatic rings. The van der Waals surface area contributed by atoms with Crippen LogP contribution in [0, 0.1) is 0 Å². The van der Waals surface area contributed by atoms with Gasteiger partial charge in [-0.25, -0.2) is 0 Å². The Morgan fingerprint density at radius 3 is 3.06 bits per heavy atom. The number of nitrogens with zero attached hydrogens (tertiary/aromatic N) is 3. The molecule has 1 aromatic rings. The molecule has 2 atom stereocenters. The number of carbonyl (C=O) groups excluding carboxylic acids is 1. The van der Waals surface area contributed by atoms with E-state index >= 15 is 0 Å². The number of rotatable bonds is 2. The Balaban J connectivity index is 1.65. The minimum absolute atomic E-state index is 0.141. The lowest BCUT2D eigenvalue weighted by Gasteiger charge is -2.20. The third kappa shape index (κ3) is 2.00. The SMILES string of the molecule is Nc1nnc(C(=O)NC2CCN3CCCC23)s1. The molecule has 0 spiro atoms. The Morgan fingerprint density at radius 1 is 1.41 bits per heavy atom. The Hall–Kier alpha value is -1.21. The first kappa shape index (κ1) is 10.9. The van der Waals surface area contributed by atoms with Crippen LogP contribution in [0.1, 0.15) is 29.1 Å². The smallest absolute Gasteiger partial charge is 0.282 e. The Bertz CT molecular complexity index is 434. The fourth-order valence-electron chi connectivity index (χ4n) is 2.81. The molecule has 3 rings (SSSR count). The number of carbonyl (C=O) groups is 1. The lowest BCUT2D eigenvalue weighted by molar-refractivity contribution is 0.0928. The Morgan fingerprint density at radius 2 is 2.29 bits per heavy atom. The fourth-order valence-corrected chi connectivity index (χ4v) is 3.32. The van der Waals surface area contributed by atoms with Gasteiger partial charge in [-0.1, -0.05) is 11.3 Å². The second kappa shape index (κ2) is 4.23. The van der Waals surface area contributed by atoms with E-state index in [1.54, 1.807) is 0 Å². The molecule has 3 N–H and O–H groups in total. The van der Waals surface area contributed by atoms with Crippen LogP contribution in [-0.2, 0) is 0 Å². The summed E-state index contributed by atoms with van der Waals surface area (Å²) in [6, 6.07) is 0.777. The second-order valence-electron chi connectivity index (χ2n) is 4.56. The van der Waals surface area contributed by atoms with Crippen molar-refractivity contribution >= 4 is 22.4 Å². The van der Waals surface area contributed by atoms with E-state index in [1.807, 2.05) is 0 Å². The van der Waals surface area contributed by atoms with Crippen LogP contribution in [0.2, 0.25) is 0 Å². The predicted octanol–water partition coefficient (Wildman–Crippen LogP) is 0.0868. The maximum absolute atomic E-state index is 11.9. The zero-order valence-electron chi connectivity index (χ0n) is 9.43. The highest BCUT2D eigenvalue weighted by Crippen LogP contribution is 2.28. The third-order valence-corrected chi connectivity index (χ3v) is 4.31. The topological polar surface area (TPSA) is 84.1 Å². The van der Waals surface area contributed by atoms with Gasteiger partial charge in [0.25, 0.3) is 5.91 Å². The van der Waals surface area contributed by atoms with E-state index in [0.717, 1.165) is 24.3 Å². The summed E-state index contributed by atoms with van der Waals surface area (Å²) in [6.07, 6.45) is 3.46. The summed E-state index contributed by atoms with van der Waals surface area (Å²) >= 11 is 1.13. The van der Waals surface area contributed by atoms with Crippen molar-refractivity contribution in [3.05, 3.63) is 5.01 Å². The number of aromatic nitrogens is 2. The van der Waals surface area contributed by atoms with Crippen LogP contribution in [0.4, 0.5) is 5.13 Å². The molecule has 2 unspecified atom stereocenters. The molecular weight excluding hydrogens is 238 g/mol. The van der Waals surface area contributed by atoms with Crippen molar-refractivity contribution in [1.82, 2.24) is 20.4 Å². The van der Waals surface area contributed by atoms with Crippen molar-refractivity contribution < 1.29 is 4.79 Å². The van der Waals surface area contributed by atoms with Gasteiger partial charge in [-0.3, -0.25) is 9.69 Å². The van der Waals surface area contributed by atoms with Crippen molar-refractivity contribution in [2.24, 2.45) is 0 Å². The first-order valence-corrected chi connectivity index (χ1v) is 6.69. The fraction of sp³-hybridized carbons (Fsp3) is 0.700. The number of amides is 1. The van der Waals surface area contributed by atoms with Gasteiger partial charge >= 0.3 is 0 Å². The molecule has 2 saturated heterocycles. The van der Waals surface area contributed by atoms with Gasteiger partial charge in [0.1, 0.15) is 0 Å². The monoisotopic (exact) mass is 253 g/mol. The number of anilines is 1. The number of fused-ring (bicyclic) bond motifs is 1. The molecule has 92 valence electrons. The van der Waals surface area contributed by atoms with E-state index in [2.05, 4.69) is 20.4 Å². The lowest BCUT2D eigenvalue weighted by Crippen LogP contribution is -2.42. The van der Waals surface area contributed by atoms with Gasteiger partial charge < -0.3 is 11.1 Å². The number of hydrogen-bond donors (Lipinski definition) is 2. The van der Waals surface area contributed by atoms with Crippen molar-refractivity contribution in [3.63, 3.8) is 0 Å². The molecule has 0 aliphatic carbocycles. The van der Waals surface area contributed by atoms with E-state index in [9.17, 15) is 4.79 Å². The predicted molar refractivity (Wildman–Crippen MR) is 64.8 cm³/mol. The molecule has 0 saturated carbocycles. The van der Waals surface area contributed by atoms with Gasteiger partial charge in [0, 0.05) is 18.6 Å². The van der Waals surface area contributed by atoms with Gasteiger partial charge in [0.2, 0.25) is 10.1 Å². The highest BCUT2D eigenvalue weighted by atomic mass is 32.1. The summed E-state index contributed by atoms with van der Waals surface area (Å²) in [7, 11) is 0. The summed E-state index contributed by atoms with van der Waals surface area (Å²) in [5.41, 5.74) is 5.47. The van der Waals surface area contributed by atoms with E-state index in [4.69, 9.17) is 5.73 Å². The Labute approximate surface area is 103 Å². The lowest BCUT2D eigenvalue weighted by atomic mass is 10.1. The van der Waals surface area contributed by atoms with E-state index in [1.165, 1.54) is 19.4 Å². The molecule has 6 nitrogen and oxygen atoms in total. The van der Waals surface area contributed by atoms with Gasteiger partial charge in [-0.2, -0.15) is 0 Å². The zero-order chi connectivity index (χ0) is 11.8. The minimum atomic E-state index is -0.141. The third-order valence-electron chi connectivity index (χ3n) is 3.56. The van der Waals surface area contributed by atoms with Gasteiger partial charge in [0.15, 0.2) is 0 Å². The summed E-state index contributed by atoms with van der Waals surface area (Å²) < 4.78 is 0. The zero-order valence-corrected chi connectivity index (χ0v) is 10.2. The standard InChI is InChI=1S/C10H15N5OS/c11-10-14-13-9(17-10)8(16)12-6-3-5-15-4-1-2-7(6)15/h6-7H,1-5H2,(H2,11,14)(H,12,16). The summed E-state index contributed by atoms with van der Waals surface area (Å²) in [5.74, 6) is -0.141. The van der Waals surface area contributed by atoms with Crippen LogP contribution in [0.3, 0.4) is 0 Å². The van der Waals surface area contributed by atoms with Crippen LogP contribution in [0.15, 0.2) is 0 Å². The first-order valence-electron chi connectivity index (χ1n) is 5.88. The maximum atomic E-state index is 11.9. The van der Waals surface area contributed by atoms with Crippen LogP contribution in [-0.4, -0.2) is 46.2 Å². The highest BCUT2D eigenvalue weighted by molar-refractivity contribution is 7.16. The van der Waals surface area contributed by atoms with Gasteiger partial charge in [0.05, 0.1) is 0 Å². The molecule has 7 heteroatoms. The molecule has 0 bridgehead atoms. The van der Waals surface area contributed by atoms with Crippen molar-refractivity contribution in [3.8, 4) is 0 Å². The molecule has 2 fully saturated rings. The summed E-state index contributed by atoms with van der Waals surface area (Å²) in [5, 5.41) is 11.2. The van der Waals surface area contributed by atoms with E-state index in [0.29, 0.717) is 16.2 Å². The van der Waals surface area contributed by atoms with Gasteiger partial charge in [-0.05, 0) is 25.8 Å². The second-order valence-corrected chi connectivity index (χ2v) is 5.57. The quantitative estimate of drug-likeness (QED) is 0.780. The molecule has 17 heavy (non-hydrogen) atoms. The number of nitrogen functional groups attached to an aromatic ring is 1. The van der Waals surface area contributed by atoms with Crippen LogP contribution in [0.25, 0.3) is 0 Å². The number of hydrogen-bond acceptors (Lipinski definition) is 6. The number of nitrogens with one attached hydrogen (secondary N) is 1. The van der Waals surface area contributed by atoms with Crippen molar-refractivity contribution in [2.45, 2.75) is 31.3 Å². The van der Waals surface area contributed by atoms with Crippen molar-refractivity contribution in [1.29, 1.82) is 0 Å². The van der Waals surface area contributed by atoms with Crippen molar-refractivity contribution in [2.75, 3.05) is 18.8 Å². The van der Waals surface area contributed by atoms with E-state index in [-0.39, 0.29) is 11.9 Å². The van der Waals surface area contributed by atoms with Crippen LogP contribution < -0.4 is 11.1 Å². The molecule has 0 radical (unpaired) electrons. The highest BCUT2D eigenvalue weighted by Gasteiger charge is 2.38. The van der Waals surface area contributed by atoms with Crippen LogP contribution >= 0.6 is 11.3 Å². The molecule has 2 aliphatic heterocycles. The van der Waals surface area contributed by atoms with Gasteiger partial charge in [-0.15, -0.1) is 10.2 Å². The normalized spacial score (nSPS) is 28.2. The van der Waals surface area contributed by atoms with E-state index < -0.39 is 0 Å². The first-order chi connectivity index (χ1) is 8.24. The average molecular weight is 253 g/mol. The Kier molecular flexibility index (Phi) is 2.71. The summed E-state index contributed by atoms with van der Waals surface area (Å²) in [6.45, 7) is 2.26. The molecule has 1 aromatic heterocycles. The number of nitrogens with two attached hydrogens (primary N) is 1. The molecular formula is C10H15N5OS. The minimum Gasteiger partial charge on any atom is -0.374 e. The maximum Gasteiger partial charge on any atom is 0.282 e. The largest absolute Gasteiger partial charge is 0.374 e. The molecule has 3 heterocycles. The molecule has 0 aromatic carbocycles. The molecule has 1 amide bonds. The van der Waals surface area contributed by atoms with Crippen LogP contribution in [0.5, 0.6) is 0 Å². The summed E-state index contributed by atoms with van der Waals surface area (Å²) in [4.78, 5) is 14.4.